The standard InChI is InChI=1S/C14H15N3/c1-3-12(14-8-16-10-17-9-14)4-2-11(1)13-5-6-15-7-13/h1-4,8-10,13,15H,5-7H2. The molecule has 0 spiro atoms. The fourth-order valence-electron chi connectivity index (χ4n) is 2.34. The Morgan fingerprint density at radius 3 is 2.41 bits per heavy atom. The van der Waals surface area contributed by atoms with Gasteiger partial charge in [-0.25, -0.2) is 9.97 Å². The Morgan fingerprint density at radius 1 is 1.00 bits per heavy atom. The van der Waals surface area contributed by atoms with Crippen molar-refractivity contribution in [2.45, 2.75) is 12.3 Å². The Kier molecular flexibility index (Phi) is 2.84. The topological polar surface area (TPSA) is 37.8 Å². The second kappa shape index (κ2) is 4.63. The molecule has 0 saturated carbocycles. The fraction of sp³-hybridized carbons (Fsp3) is 0.286. The maximum atomic E-state index is 4.04. The van der Waals surface area contributed by atoms with Crippen molar-refractivity contribution in [2.24, 2.45) is 0 Å². The van der Waals surface area contributed by atoms with Gasteiger partial charge < -0.3 is 5.32 Å². The van der Waals surface area contributed by atoms with Crippen LogP contribution in [-0.2, 0) is 0 Å². The Morgan fingerprint density at radius 2 is 1.76 bits per heavy atom. The molecule has 0 amide bonds. The minimum Gasteiger partial charge on any atom is -0.316 e. The molecule has 86 valence electrons. The zero-order valence-corrected chi connectivity index (χ0v) is 9.63. The van der Waals surface area contributed by atoms with E-state index in [2.05, 4.69) is 39.6 Å². The van der Waals surface area contributed by atoms with Crippen LogP contribution in [0.1, 0.15) is 17.9 Å². The third-order valence-electron chi connectivity index (χ3n) is 3.34. The summed E-state index contributed by atoms with van der Waals surface area (Å²) >= 11 is 0. The van der Waals surface area contributed by atoms with Crippen molar-refractivity contribution in [1.29, 1.82) is 0 Å². The number of benzene rings is 1. The number of nitrogens with one attached hydrogen (secondary N) is 1. The largest absolute Gasteiger partial charge is 0.316 e. The maximum absolute atomic E-state index is 4.04. The molecule has 2 heterocycles. The van der Waals surface area contributed by atoms with Gasteiger partial charge in [-0.05, 0) is 30.0 Å². The molecule has 3 nitrogen and oxygen atoms in total. The molecule has 3 rings (SSSR count). The lowest BCUT2D eigenvalue weighted by atomic mass is 9.96. The Hall–Kier alpha value is -1.74. The normalized spacial score (nSPS) is 19.4. The van der Waals surface area contributed by atoms with Crippen molar-refractivity contribution in [3.8, 4) is 11.1 Å². The van der Waals surface area contributed by atoms with E-state index in [1.807, 2.05) is 12.4 Å². The lowest BCUT2D eigenvalue weighted by Gasteiger charge is -2.09. The smallest absolute Gasteiger partial charge is 0.115 e. The first-order valence-electron chi connectivity index (χ1n) is 5.99. The zero-order valence-electron chi connectivity index (χ0n) is 9.63. The van der Waals surface area contributed by atoms with Crippen molar-refractivity contribution >= 4 is 0 Å². The summed E-state index contributed by atoms with van der Waals surface area (Å²) in [6.45, 7) is 2.24. The van der Waals surface area contributed by atoms with Crippen LogP contribution in [0.5, 0.6) is 0 Å². The third-order valence-corrected chi connectivity index (χ3v) is 3.34. The van der Waals surface area contributed by atoms with E-state index in [0.29, 0.717) is 5.92 Å². The summed E-state index contributed by atoms with van der Waals surface area (Å²) in [5, 5.41) is 3.40. The van der Waals surface area contributed by atoms with Crippen molar-refractivity contribution < 1.29 is 0 Å². The van der Waals surface area contributed by atoms with E-state index in [4.69, 9.17) is 0 Å². The van der Waals surface area contributed by atoms with E-state index in [9.17, 15) is 0 Å². The first-order chi connectivity index (χ1) is 8.43. The first kappa shape index (κ1) is 10.4. The Labute approximate surface area is 101 Å². The summed E-state index contributed by atoms with van der Waals surface area (Å²) in [7, 11) is 0. The molecule has 1 atom stereocenters. The summed E-state index contributed by atoms with van der Waals surface area (Å²) in [6, 6.07) is 8.76. The van der Waals surface area contributed by atoms with Crippen molar-refractivity contribution in [3.63, 3.8) is 0 Å². The highest BCUT2D eigenvalue weighted by atomic mass is 14.9. The van der Waals surface area contributed by atoms with Gasteiger partial charge in [-0.2, -0.15) is 0 Å². The molecule has 0 bridgehead atoms. The molecular formula is C14H15N3. The van der Waals surface area contributed by atoms with E-state index < -0.39 is 0 Å². The average molecular weight is 225 g/mol. The summed E-state index contributed by atoms with van der Waals surface area (Å²) in [5.41, 5.74) is 3.68. The Bertz CT molecular complexity index is 473. The molecule has 0 radical (unpaired) electrons. The molecule has 1 N–H and O–H groups in total. The van der Waals surface area contributed by atoms with Crippen LogP contribution in [0.15, 0.2) is 43.0 Å². The second-order valence-electron chi connectivity index (χ2n) is 4.44. The van der Waals surface area contributed by atoms with Gasteiger partial charge in [-0.3, -0.25) is 0 Å². The van der Waals surface area contributed by atoms with Crippen LogP contribution < -0.4 is 5.32 Å². The number of hydrogen-bond donors (Lipinski definition) is 1. The Balaban J connectivity index is 1.85. The van der Waals surface area contributed by atoms with E-state index in [1.54, 1.807) is 6.33 Å². The molecule has 1 fully saturated rings. The van der Waals surface area contributed by atoms with Crippen molar-refractivity contribution in [1.82, 2.24) is 15.3 Å². The van der Waals surface area contributed by atoms with Gasteiger partial charge >= 0.3 is 0 Å². The van der Waals surface area contributed by atoms with Gasteiger partial charge in [0.25, 0.3) is 0 Å². The first-order valence-corrected chi connectivity index (χ1v) is 5.99. The lowest BCUT2D eigenvalue weighted by Crippen LogP contribution is -2.07. The molecule has 1 aliphatic rings. The number of aromatic nitrogens is 2. The van der Waals surface area contributed by atoms with Gasteiger partial charge in [0.1, 0.15) is 6.33 Å². The molecule has 1 saturated heterocycles. The lowest BCUT2D eigenvalue weighted by molar-refractivity contribution is 0.763. The van der Waals surface area contributed by atoms with E-state index in [-0.39, 0.29) is 0 Å². The van der Waals surface area contributed by atoms with Crippen LogP contribution in [0.3, 0.4) is 0 Å². The molecule has 1 aromatic heterocycles. The quantitative estimate of drug-likeness (QED) is 0.851. The van der Waals surface area contributed by atoms with E-state index >= 15 is 0 Å². The molecule has 0 aliphatic carbocycles. The highest BCUT2D eigenvalue weighted by Gasteiger charge is 2.16. The van der Waals surface area contributed by atoms with E-state index in [1.165, 1.54) is 17.5 Å². The van der Waals surface area contributed by atoms with Crippen molar-refractivity contribution in [3.05, 3.63) is 48.5 Å². The molecule has 1 aliphatic heterocycles. The summed E-state index contributed by atoms with van der Waals surface area (Å²) in [5.74, 6) is 0.677. The molecule has 17 heavy (non-hydrogen) atoms. The summed E-state index contributed by atoms with van der Waals surface area (Å²) < 4.78 is 0. The monoisotopic (exact) mass is 225 g/mol. The van der Waals surface area contributed by atoms with Crippen LogP contribution in [-0.4, -0.2) is 23.1 Å². The predicted octanol–water partition coefficient (Wildman–Crippen LogP) is 2.22. The van der Waals surface area contributed by atoms with Gasteiger partial charge in [-0.15, -0.1) is 0 Å². The molecular weight excluding hydrogens is 210 g/mol. The van der Waals surface area contributed by atoms with Crippen molar-refractivity contribution in [2.75, 3.05) is 13.1 Å². The zero-order chi connectivity index (χ0) is 11.5. The number of rotatable bonds is 2. The predicted molar refractivity (Wildman–Crippen MR) is 67.7 cm³/mol. The molecule has 2 aromatic rings. The summed E-state index contributed by atoms with van der Waals surface area (Å²) in [4.78, 5) is 8.08. The molecule has 3 heteroatoms. The highest BCUT2D eigenvalue weighted by molar-refractivity contribution is 5.61. The van der Waals surface area contributed by atoms with E-state index in [0.717, 1.165) is 18.7 Å². The van der Waals surface area contributed by atoms with Gasteiger partial charge in [-0.1, -0.05) is 24.3 Å². The van der Waals surface area contributed by atoms with Crippen LogP contribution in [0.25, 0.3) is 11.1 Å². The van der Waals surface area contributed by atoms with Gasteiger partial charge in [0.2, 0.25) is 0 Å². The van der Waals surface area contributed by atoms with Crippen LogP contribution in [0, 0.1) is 0 Å². The maximum Gasteiger partial charge on any atom is 0.115 e. The van der Waals surface area contributed by atoms with Gasteiger partial charge in [0, 0.05) is 24.5 Å². The number of hydrogen-bond acceptors (Lipinski definition) is 3. The second-order valence-corrected chi connectivity index (χ2v) is 4.44. The van der Waals surface area contributed by atoms with Crippen LogP contribution >= 0.6 is 0 Å². The van der Waals surface area contributed by atoms with Crippen LogP contribution in [0.2, 0.25) is 0 Å². The molecule has 1 unspecified atom stereocenters. The summed E-state index contributed by atoms with van der Waals surface area (Å²) in [6.07, 6.45) is 6.49. The SMILES string of the molecule is c1ncc(-c2ccc(C3CCNC3)cc2)cn1. The average Bonchev–Trinajstić information content (AvgIpc) is 2.94. The minimum atomic E-state index is 0.677. The fourth-order valence-corrected chi connectivity index (χ4v) is 2.34. The van der Waals surface area contributed by atoms with Gasteiger partial charge in [0.15, 0.2) is 0 Å². The van der Waals surface area contributed by atoms with Crippen LogP contribution in [0.4, 0.5) is 0 Å². The minimum absolute atomic E-state index is 0.677. The third kappa shape index (κ3) is 2.19. The molecule has 1 aromatic carbocycles. The van der Waals surface area contributed by atoms with Gasteiger partial charge in [0.05, 0.1) is 0 Å². The highest BCUT2D eigenvalue weighted by Crippen LogP contribution is 2.25. The number of nitrogens with zero attached hydrogens (tertiary/aromatic N) is 2.